The Morgan fingerprint density at radius 3 is 2.10 bits per heavy atom. The predicted molar refractivity (Wildman–Crippen MR) is 117 cm³/mol. The Balaban J connectivity index is 1.57. The maximum Gasteiger partial charge on any atom is 0.335 e. The molecule has 0 aliphatic carbocycles. The Bertz CT molecular complexity index is 1240. The van der Waals surface area contributed by atoms with Gasteiger partial charge in [-0.05, 0) is 57.3 Å². The van der Waals surface area contributed by atoms with E-state index in [2.05, 4.69) is 0 Å². The fourth-order valence-corrected chi connectivity index (χ4v) is 3.65. The lowest BCUT2D eigenvalue weighted by Gasteiger charge is -2.09. The summed E-state index contributed by atoms with van der Waals surface area (Å²) in [7, 11) is 0. The molecule has 0 atom stereocenters. The van der Waals surface area contributed by atoms with Crippen molar-refractivity contribution in [2.45, 2.75) is 12.8 Å². The van der Waals surface area contributed by atoms with Crippen molar-refractivity contribution in [3.05, 3.63) is 102 Å². The molecule has 0 aliphatic rings. The average molecular weight is 396 g/mol. The number of benzene rings is 4. The van der Waals surface area contributed by atoms with E-state index in [4.69, 9.17) is 0 Å². The number of fused-ring (bicyclic) bond motifs is 1. The van der Waals surface area contributed by atoms with Gasteiger partial charge in [-0.1, -0.05) is 60.7 Å². The van der Waals surface area contributed by atoms with Gasteiger partial charge in [0, 0.05) is 12.8 Å². The van der Waals surface area contributed by atoms with Crippen LogP contribution in [0.3, 0.4) is 0 Å². The fourth-order valence-electron chi connectivity index (χ4n) is 3.65. The first-order valence-electron chi connectivity index (χ1n) is 9.64. The Morgan fingerprint density at radius 2 is 1.40 bits per heavy atom. The van der Waals surface area contributed by atoms with Crippen molar-refractivity contribution in [1.82, 2.24) is 0 Å². The molecular formula is C26H20O4. The Labute approximate surface area is 174 Å². The second-order valence-corrected chi connectivity index (χ2v) is 7.30. The van der Waals surface area contributed by atoms with Crippen LogP contribution < -0.4 is 0 Å². The van der Waals surface area contributed by atoms with Crippen LogP contribution >= 0.6 is 0 Å². The van der Waals surface area contributed by atoms with Crippen molar-refractivity contribution >= 4 is 22.5 Å². The average Bonchev–Trinajstić information content (AvgIpc) is 2.73. The van der Waals surface area contributed by atoms with E-state index in [-0.39, 0.29) is 29.9 Å². The van der Waals surface area contributed by atoms with E-state index in [0.717, 1.165) is 27.5 Å². The standard InChI is InChI=1S/C26H20O4/c27-23-10-8-18(9-11-23)19-7-3-4-17(12-19)13-24(28)15-22-14-20-5-1-2-6-21(20)16-25(22)26(29)30/h1-12,14,16,27H,13,15H2,(H,29,30). The van der Waals surface area contributed by atoms with Gasteiger partial charge in [-0.3, -0.25) is 4.79 Å². The number of hydrogen-bond acceptors (Lipinski definition) is 3. The summed E-state index contributed by atoms with van der Waals surface area (Å²) in [5, 5.41) is 20.8. The number of phenols is 1. The summed E-state index contributed by atoms with van der Waals surface area (Å²) >= 11 is 0. The first-order valence-corrected chi connectivity index (χ1v) is 9.64. The first kappa shape index (κ1) is 19.4. The molecule has 4 aromatic rings. The molecule has 0 aliphatic heterocycles. The number of hydrogen-bond donors (Lipinski definition) is 2. The number of Topliss-reactive ketones (excluding diaryl/α,β-unsaturated/α-hetero) is 1. The van der Waals surface area contributed by atoms with Gasteiger partial charge in [0.15, 0.2) is 0 Å². The smallest absolute Gasteiger partial charge is 0.335 e. The van der Waals surface area contributed by atoms with Crippen LogP contribution in [-0.2, 0) is 17.6 Å². The Kier molecular flexibility index (Phi) is 5.31. The number of ketones is 1. The van der Waals surface area contributed by atoms with Crippen LogP contribution in [0.25, 0.3) is 21.9 Å². The van der Waals surface area contributed by atoms with Crippen LogP contribution in [0.1, 0.15) is 21.5 Å². The summed E-state index contributed by atoms with van der Waals surface area (Å²) in [5.74, 6) is -0.872. The zero-order valence-electron chi connectivity index (χ0n) is 16.2. The molecule has 0 amide bonds. The highest BCUT2D eigenvalue weighted by Gasteiger charge is 2.15. The van der Waals surface area contributed by atoms with Crippen LogP contribution in [0.4, 0.5) is 0 Å². The van der Waals surface area contributed by atoms with Gasteiger partial charge >= 0.3 is 5.97 Å². The molecule has 4 heteroatoms. The molecule has 4 nitrogen and oxygen atoms in total. The summed E-state index contributed by atoms with van der Waals surface area (Å²) in [6.45, 7) is 0. The third-order valence-corrected chi connectivity index (χ3v) is 5.12. The molecule has 30 heavy (non-hydrogen) atoms. The topological polar surface area (TPSA) is 74.6 Å². The predicted octanol–water partition coefficient (Wildman–Crippen LogP) is 5.26. The SMILES string of the molecule is O=C(Cc1cccc(-c2ccc(O)cc2)c1)Cc1cc2ccccc2cc1C(=O)O. The highest BCUT2D eigenvalue weighted by atomic mass is 16.4. The summed E-state index contributed by atoms with van der Waals surface area (Å²) in [6.07, 6.45) is 0.285. The molecule has 0 spiro atoms. The number of aromatic carboxylic acids is 1. The van der Waals surface area contributed by atoms with Gasteiger partial charge < -0.3 is 10.2 Å². The van der Waals surface area contributed by atoms with Crippen molar-refractivity contribution in [1.29, 1.82) is 0 Å². The van der Waals surface area contributed by atoms with E-state index in [1.807, 2.05) is 60.7 Å². The van der Waals surface area contributed by atoms with Crippen molar-refractivity contribution in [2.24, 2.45) is 0 Å². The number of carboxylic acids is 1. The van der Waals surface area contributed by atoms with E-state index in [1.54, 1.807) is 24.3 Å². The number of aromatic hydroxyl groups is 1. The van der Waals surface area contributed by atoms with Crippen LogP contribution in [0.5, 0.6) is 5.75 Å². The minimum absolute atomic E-state index is 0.0457. The molecule has 0 bridgehead atoms. The van der Waals surface area contributed by atoms with E-state index < -0.39 is 5.97 Å². The van der Waals surface area contributed by atoms with Crippen LogP contribution in [-0.4, -0.2) is 22.0 Å². The van der Waals surface area contributed by atoms with Gasteiger partial charge in [0.1, 0.15) is 11.5 Å². The Morgan fingerprint density at radius 1 is 0.700 bits per heavy atom. The number of carboxylic acid groups (broad SMARTS) is 1. The summed E-state index contributed by atoms with van der Waals surface area (Å²) in [6, 6.07) is 25.5. The van der Waals surface area contributed by atoms with Gasteiger partial charge in [0.05, 0.1) is 5.56 Å². The van der Waals surface area contributed by atoms with E-state index in [9.17, 15) is 19.8 Å². The third kappa shape index (κ3) is 4.23. The molecule has 4 aromatic carbocycles. The molecule has 0 saturated heterocycles. The Hall–Kier alpha value is -3.92. The number of carbonyl (C=O) groups is 2. The fraction of sp³-hybridized carbons (Fsp3) is 0.0769. The van der Waals surface area contributed by atoms with E-state index in [1.165, 1.54) is 0 Å². The summed E-state index contributed by atoms with van der Waals surface area (Å²) in [4.78, 5) is 24.5. The second kappa shape index (κ2) is 8.21. The lowest BCUT2D eigenvalue weighted by atomic mass is 9.94. The minimum atomic E-state index is -1.03. The van der Waals surface area contributed by atoms with Gasteiger partial charge in [-0.15, -0.1) is 0 Å². The molecule has 0 fully saturated rings. The molecule has 0 aromatic heterocycles. The van der Waals surface area contributed by atoms with Crippen LogP contribution in [0, 0.1) is 0 Å². The van der Waals surface area contributed by atoms with Crippen LogP contribution in [0.15, 0.2) is 84.9 Å². The molecule has 0 unspecified atom stereocenters. The first-order chi connectivity index (χ1) is 14.5. The normalized spacial score (nSPS) is 10.8. The zero-order chi connectivity index (χ0) is 21.1. The molecule has 148 valence electrons. The molecule has 2 N–H and O–H groups in total. The summed E-state index contributed by atoms with van der Waals surface area (Å²) in [5.41, 5.74) is 3.46. The molecule has 0 saturated carbocycles. The van der Waals surface area contributed by atoms with Crippen LogP contribution in [0.2, 0.25) is 0 Å². The molecular weight excluding hydrogens is 376 g/mol. The van der Waals surface area contributed by atoms with Crippen molar-refractivity contribution in [3.63, 3.8) is 0 Å². The lowest BCUT2D eigenvalue weighted by molar-refractivity contribution is -0.117. The van der Waals surface area contributed by atoms with Gasteiger partial charge in [0.2, 0.25) is 0 Å². The van der Waals surface area contributed by atoms with E-state index in [0.29, 0.717) is 5.56 Å². The number of rotatable bonds is 6. The largest absolute Gasteiger partial charge is 0.508 e. The van der Waals surface area contributed by atoms with Gasteiger partial charge in [0.25, 0.3) is 0 Å². The lowest BCUT2D eigenvalue weighted by Crippen LogP contribution is -2.11. The zero-order valence-corrected chi connectivity index (χ0v) is 16.2. The summed E-state index contributed by atoms with van der Waals surface area (Å²) < 4.78 is 0. The maximum atomic E-state index is 12.8. The van der Waals surface area contributed by atoms with Crippen molar-refractivity contribution in [2.75, 3.05) is 0 Å². The van der Waals surface area contributed by atoms with Gasteiger partial charge in [-0.2, -0.15) is 0 Å². The molecule has 4 rings (SSSR count). The molecule has 0 heterocycles. The number of phenolic OH excluding ortho intramolecular Hbond substituents is 1. The van der Waals surface area contributed by atoms with Crippen molar-refractivity contribution < 1.29 is 19.8 Å². The number of carbonyl (C=O) groups excluding carboxylic acids is 1. The molecule has 0 radical (unpaired) electrons. The second-order valence-electron chi connectivity index (χ2n) is 7.30. The monoisotopic (exact) mass is 396 g/mol. The van der Waals surface area contributed by atoms with Gasteiger partial charge in [-0.25, -0.2) is 4.79 Å². The van der Waals surface area contributed by atoms with E-state index >= 15 is 0 Å². The highest BCUT2D eigenvalue weighted by molar-refractivity contribution is 5.98. The maximum absolute atomic E-state index is 12.8. The van der Waals surface area contributed by atoms with Crippen molar-refractivity contribution in [3.8, 4) is 16.9 Å². The minimum Gasteiger partial charge on any atom is -0.508 e. The third-order valence-electron chi connectivity index (χ3n) is 5.12. The quantitative estimate of drug-likeness (QED) is 0.466. The highest BCUT2D eigenvalue weighted by Crippen LogP contribution is 2.24.